The van der Waals surface area contributed by atoms with Gasteiger partial charge in [-0.1, -0.05) is 46.0 Å². The van der Waals surface area contributed by atoms with Crippen molar-refractivity contribution in [2.75, 3.05) is 0 Å². The van der Waals surface area contributed by atoms with E-state index in [1.807, 2.05) is 0 Å². The first kappa shape index (κ1) is 11.4. The number of unbranched alkanes of at least 4 members (excludes halogenated alkanes) is 2. The van der Waals surface area contributed by atoms with Crippen LogP contribution in [-0.4, -0.2) is 5.38 Å². The molecule has 78 valence electrons. The molecule has 0 nitrogen and oxygen atoms in total. The minimum absolute atomic E-state index is 0.489. The number of alkyl halides is 1. The molecule has 0 aromatic heterocycles. The van der Waals surface area contributed by atoms with Gasteiger partial charge < -0.3 is 0 Å². The summed E-state index contributed by atoms with van der Waals surface area (Å²) in [5.41, 5.74) is 0. The highest BCUT2D eigenvalue weighted by Gasteiger charge is 2.40. The minimum atomic E-state index is 0.489. The summed E-state index contributed by atoms with van der Waals surface area (Å²) < 4.78 is 0. The molecule has 1 fully saturated rings. The molecule has 1 heteroatoms. The third kappa shape index (κ3) is 3.89. The van der Waals surface area contributed by atoms with E-state index in [4.69, 9.17) is 11.6 Å². The van der Waals surface area contributed by atoms with Crippen molar-refractivity contribution in [3.63, 3.8) is 0 Å². The van der Waals surface area contributed by atoms with E-state index < -0.39 is 0 Å². The topological polar surface area (TPSA) is 0 Å². The molecule has 0 aromatic carbocycles. The second-order valence-corrected chi connectivity index (χ2v) is 5.02. The van der Waals surface area contributed by atoms with Crippen molar-refractivity contribution in [2.24, 2.45) is 11.8 Å². The predicted molar refractivity (Wildman–Crippen MR) is 60.3 cm³/mol. The third-order valence-corrected chi connectivity index (χ3v) is 3.73. The van der Waals surface area contributed by atoms with Crippen molar-refractivity contribution >= 4 is 11.6 Å². The number of rotatable bonds is 7. The average molecular weight is 203 g/mol. The van der Waals surface area contributed by atoms with Gasteiger partial charge in [-0.2, -0.15) is 0 Å². The first-order valence-electron chi connectivity index (χ1n) is 5.93. The van der Waals surface area contributed by atoms with Gasteiger partial charge in [0, 0.05) is 5.38 Å². The van der Waals surface area contributed by atoms with Crippen LogP contribution in [0.25, 0.3) is 0 Å². The molecule has 0 saturated heterocycles. The van der Waals surface area contributed by atoms with Crippen LogP contribution in [0.4, 0.5) is 0 Å². The Labute approximate surface area is 88.1 Å². The van der Waals surface area contributed by atoms with Gasteiger partial charge in [-0.25, -0.2) is 0 Å². The van der Waals surface area contributed by atoms with Gasteiger partial charge in [-0.3, -0.25) is 0 Å². The molecule has 3 atom stereocenters. The molecule has 0 heterocycles. The molecular formula is C12H23Cl. The first-order valence-corrected chi connectivity index (χ1v) is 6.37. The fourth-order valence-corrected chi connectivity index (χ4v) is 2.68. The zero-order chi connectivity index (χ0) is 9.68. The van der Waals surface area contributed by atoms with Crippen molar-refractivity contribution in [1.82, 2.24) is 0 Å². The Morgan fingerprint density at radius 1 is 1.23 bits per heavy atom. The van der Waals surface area contributed by atoms with Crippen LogP contribution < -0.4 is 0 Å². The Morgan fingerprint density at radius 3 is 2.62 bits per heavy atom. The molecule has 0 bridgehead atoms. The van der Waals surface area contributed by atoms with E-state index in [0.29, 0.717) is 5.38 Å². The molecule has 0 aromatic rings. The van der Waals surface area contributed by atoms with Crippen molar-refractivity contribution in [2.45, 2.75) is 64.2 Å². The fourth-order valence-electron chi connectivity index (χ4n) is 2.22. The van der Waals surface area contributed by atoms with Crippen molar-refractivity contribution in [3.05, 3.63) is 0 Å². The highest BCUT2D eigenvalue weighted by Crippen LogP contribution is 2.47. The lowest BCUT2D eigenvalue weighted by Crippen LogP contribution is -2.03. The summed E-state index contributed by atoms with van der Waals surface area (Å²) in [5.74, 6) is 1.85. The summed E-state index contributed by atoms with van der Waals surface area (Å²) in [6.07, 6.45) is 9.40. The zero-order valence-electron chi connectivity index (χ0n) is 9.06. The maximum absolute atomic E-state index is 6.34. The van der Waals surface area contributed by atoms with E-state index in [0.717, 1.165) is 11.8 Å². The molecule has 0 amide bonds. The molecule has 0 spiro atoms. The largest absolute Gasteiger partial charge is 0.123 e. The second kappa shape index (κ2) is 5.90. The molecule has 0 aliphatic heterocycles. The Bertz CT molecular complexity index is 133. The smallest absolute Gasteiger partial charge is 0.0367 e. The lowest BCUT2D eigenvalue weighted by atomic mass is 10.1. The van der Waals surface area contributed by atoms with Gasteiger partial charge in [0.2, 0.25) is 0 Å². The van der Waals surface area contributed by atoms with Crippen LogP contribution in [0.3, 0.4) is 0 Å². The molecule has 1 aliphatic carbocycles. The Kier molecular flexibility index (Phi) is 5.16. The molecule has 1 saturated carbocycles. The van der Waals surface area contributed by atoms with E-state index in [1.165, 1.54) is 44.9 Å². The minimum Gasteiger partial charge on any atom is -0.123 e. The quantitative estimate of drug-likeness (QED) is 0.418. The number of hydrogen-bond donors (Lipinski definition) is 0. The fraction of sp³-hybridized carbons (Fsp3) is 1.00. The van der Waals surface area contributed by atoms with Crippen molar-refractivity contribution in [1.29, 1.82) is 0 Å². The molecule has 1 rings (SSSR count). The number of halogens is 1. The van der Waals surface area contributed by atoms with Gasteiger partial charge in [-0.05, 0) is 24.7 Å². The highest BCUT2D eigenvalue weighted by atomic mass is 35.5. The standard InChI is InChI=1S/C12H23Cl/c1-3-5-6-8-12(13)11-9-10(11)7-4-2/h10-12H,3-9H2,1-2H3. The summed E-state index contributed by atoms with van der Waals surface area (Å²) in [5, 5.41) is 0.489. The number of hydrogen-bond acceptors (Lipinski definition) is 0. The Morgan fingerprint density at radius 2 is 2.00 bits per heavy atom. The van der Waals surface area contributed by atoms with Crippen LogP contribution in [0, 0.1) is 11.8 Å². The first-order chi connectivity index (χ1) is 6.29. The van der Waals surface area contributed by atoms with Crippen molar-refractivity contribution < 1.29 is 0 Å². The van der Waals surface area contributed by atoms with E-state index in [1.54, 1.807) is 0 Å². The third-order valence-electron chi connectivity index (χ3n) is 3.18. The lowest BCUT2D eigenvalue weighted by molar-refractivity contribution is 0.556. The van der Waals surface area contributed by atoms with Crippen LogP contribution in [-0.2, 0) is 0 Å². The molecule has 0 N–H and O–H groups in total. The Balaban J connectivity index is 2.02. The van der Waals surface area contributed by atoms with Gasteiger partial charge in [0.15, 0.2) is 0 Å². The Hall–Kier alpha value is 0.290. The summed E-state index contributed by atoms with van der Waals surface area (Å²) in [4.78, 5) is 0. The van der Waals surface area contributed by atoms with Crippen LogP contribution >= 0.6 is 11.6 Å². The van der Waals surface area contributed by atoms with Crippen molar-refractivity contribution in [3.8, 4) is 0 Å². The van der Waals surface area contributed by atoms with E-state index in [2.05, 4.69) is 13.8 Å². The van der Waals surface area contributed by atoms with E-state index in [-0.39, 0.29) is 0 Å². The molecular weight excluding hydrogens is 180 g/mol. The average Bonchev–Trinajstić information content (AvgIpc) is 2.85. The molecule has 13 heavy (non-hydrogen) atoms. The summed E-state index contributed by atoms with van der Waals surface area (Å²) in [6.45, 7) is 4.52. The van der Waals surface area contributed by atoms with Gasteiger partial charge >= 0.3 is 0 Å². The lowest BCUT2D eigenvalue weighted by Gasteiger charge is -2.07. The summed E-state index contributed by atoms with van der Waals surface area (Å²) in [7, 11) is 0. The van der Waals surface area contributed by atoms with Gasteiger partial charge in [0.05, 0.1) is 0 Å². The van der Waals surface area contributed by atoms with Crippen LogP contribution in [0.5, 0.6) is 0 Å². The zero-order valence-corrected chi connectivity index (χ0v) is 9.82. The van der Waals surface area contributed by atoms with E-state index in [9.17, 15) is 0 Å². The van der Waals surface area contributed by atoms with E-state index >= 15 is 0 Å². The van der Waals surface area contributed by atoms with Gasteiger partial charge in [0.25, 0.3) is 0 Å². The highest BCUT2D eigenvalue weighted by molar-refractivity contribution is 6.21. The predicted octanol–water partition coefficient (Wildman–Crippen LogP) is 4.61. The summed E-state index contributed by atoms with van der Waals surface area (Å²) in [6, 6.07) is 0. The van der Waals surface area contributed by atoms with Gasteiger partial charge in [-0.15, -0.1) is 11.6 Å². The van der Waals surface area contributed by atoms with Crippen LogP contribution in [0.2, 0.25) is 0 Å². The maximum atomic E-state index is 6.34. The second-order valence-electron chi connectivity index (χ2n) is 4.46. The molecule has 3 unspecified atom stereocenters. The van der Waals surface area contributed by atoms with Crippen LogP contribution in [0.1, 0.15) is 58.8 Å². The molecule has 1 aliphatic rings. The SMILES string of the molecule is CCCCCC(Cl)C1CC1CCC. The van der Waals surface area contributed by atoms with Gasteiger partial charge in [0.1, 0.15) is 0 Å². The summed E-state index contributed by atoms with van der Waals surface area (Å²) >= 11 is 6.34. The normalized spacial score (nSPS) is 28.8. The van der Waals surface area contributed by atoms with Crippen LogP contribution in [0.15, 0.2) is 0 Å². The monoisotopic (exact) mass is 202 g/mol. The maximum Gasteiger partial charge on any atom is 0.0367 e. The molecule has 0 radical (unpaired) electrons.